The molecule has 1 aromatic heterocycles. The van der Waals surface area contributed by atoms with Gasteiger partial charge in [-0.05, 0) is 35.2 Å². The predicted molar refractivity (Wildman–Crippen MR) is 215 cm³/mol. The first kappa shape index (κ1) is 43.8. The van der Waals surface area contributed by atoms with Crippen molar-refractivity contribution in [1.29, 1.82) is 5.26 Å². The van der Waals surface area contributed by atoms with E-state index in [2.05, 4.69) is 45.4 Å². The van der Waals surface area contributed by atoms with Crippen LogP contribution in [0.3, 0.4) is 0 Å². The highest BCUT2D eigenvalue weighted by molar-refractivity contribution is 5.95. The number of hydrogen-bond acceptors (Lipinski definition) is 11. The fraction of sp³-hybridized carbons (Fsp3) is 0.524. The number of carbonyl (C=O) groups excluding carboxylic acids is 5. The molecule has 0 aliphatic carbocycles. The van der Waals surface area contributed by atoms with Gasteiger partial charge in [0.2, 0.25) is 23.6 Å². The summed E-state index contributed by atoms with van der Waals surface area (Å²) in [6.07, 6.45) is 0.746. The average molecular weight is 829 g/mol. The molecule has 0 unspecified atom stereocenters. The van der Waals surface area contributed by atoms with Crippen LogP contribution in [-0.4, -0.2) is 131 Å². The Hall–Kier alpha value is -5.77. The summed E-state index contributed by atoms with van der Waals surface area (Å²) in [7, 11) is 0. The Morgan fingerprint density at radius 2 is 1.75 bits per heavy atom. The van der Waals surface area contributed by atoms with Crippen molar-refractivity contribution >= 4 is 29.5 Å². The lowest BCUT2D eigenvalue weighted by molar-refractivity contribution is -0.135. The molecule has 2 aromatic carbocycles. The summed E-state index contributed by atoms with van der Waals surface area (Å²) in [6, 6.07) is 13.5. The summed E-state index contributed by atoms with van der Waals surface area (Å²) in [5.41, 5.74) is 4.81. The molecule has 0 bridgehead atoms. The SMILES string of the molecule is CC(C)NCCOCCOCCC(=O)NCCNC(=O)c1ccc(-c2cn(Cc3cccc4c3CN(C(=O)C[C@@H]3C[C@@H](C(=O)N5C[C@@H](F)C[C@H]5C#N)NC3=O)C4)nn2)cc1. The maximum Gasteiger partial charge on any atom is 0.251 e. The molecule has 2 fully saturated rings. The van der Waals surface area contributed by atoms with Crippen molar-refractivity contribution in [3.63, 3.8) is 0 Å². The van der Waals surface area contributed by atoms with E-state index >= 15 is 0 Å². The van der Waals surface area contributed by atoms with E-state index in [0.717, 1.165) is 28.8 Å². The molecule has 3 aromatic rings. The maximum atomic E-state index is 13.9. The third-order valence-electron chi connectivity index (χ3n) is 10.7. The molecule has 5 amide bonds. The number of benzene rings is 2. The van der Waals surface area contributed by atoms with Crippen LogP contribution in [0.2, 0.25) is 0 Å². The number of hydrogen-bond donors (Lipinski definition) is 4. The highest BCUT2D eigenvalue weighted by Gasteiger charge is 2.44. The van der Waals surface area contributed by atoms with Gasteiger partial charge >= 0.3 is 0 Å². The van der Waals surface area contributed by atoms with Gasteiger partial charge < -0.3 is 40.5 Å². The molecule has 60 heavy (non-hydrogen) atoms. The van der Waals surface area contributed by atoms with Gasteiger partial charge in [-0.3, -0.25) is 24.0 Å². The molecular weight excluding hydrogens is 776 g/mol. The zero-order valence-electron chi connectivity index (χ0n) is 34.0. The molecular formula is C42H53FN10O7. The summed E-state index contributed by atoms with van der Waals surface area (Å²) in [5.74, 6) is -2.24. The van der Waals surface area contributed by atoms with Crippen molar-refractivity contribution in [2.24, 2.45) is 5.92 Å². The predicted octanol–water partition coefficient (Wildman–Crippen LogP) is 1.46. The van der Waals surface area contributed by atoms with Crippen LogP contribution in [-0.2, 0) is 48.3 Å². The van der Waals surface area contributed by atoms with Crippen molar-refractivity contribution in [3.8, 4) is 17.3 Å². The number of likely N-dealkylation sites (tertiary alicyclic amines) is 1. The first-order valence-corrected chi connectivity index (χ1v) is 20.4. The lowest BCUT2D eigenvalue weighted by Crippen LogP contribution is -2.46. The van der Waals surface area contributed by atoms with Crippen LogP contribution in [0.4, 0.5) is 4.39 Å². The molecule has 4 N–H and O–H groups in total. The van der Waals surface area contributed by atoms with Crippen molar-refractivity contribution < 1.29 is 37.8 Å². The fourth-order valence-electron chi connectivity index (χ4n) is 7.54. The lowest BCUT2D eigenvalue weighted by Gasteiger charge is -2.22. The number of halogens is 1. The van der Waals surface area contributed by atoms with Crippen LogP contribution in [0.15, 0.2) is 48.7 Å². The van der Waals surface area contributed by atoms with Crippen LogP contribution < -0.4 is 21.3 Å². The highest BCUT2D eigenvalue weighted by atomic mass is 19.1. The van der Waals surface area contributed by atoms with E-state index in [1.54, 1.807) is 33.8 Å². The van der Waals surface area contributed by atoms with E-state index in [-0.39, 0.29) is 69.6 Å². The smallest absolute Gasteiger partial charge is 0.251 e. The van der Waals surface area contributed by atoms with Crippen LogP contribution >= 0.6 is 0 Å². The Kier molecular flexibility index (Phi) is 15.3. The first-order valence-electron chi connectivity index (χ1n) is 20.4. The van der Waals surface area contributed by atoms with Gasteiger partial charge in [-0.2, -0.15) is 5.26 Å². The molecule has 3 aliphatic heterocycles. The third kappa shape index (κ3) is 11.7. The molecule has 0 radical (unpaired) electrons. The molecule has 0 spiro atoms. The largest absolute Gasteiger partial charge is 0.379 e. The zero-order chi connectivity index (χ0) is 42.6. The van der Waals surface area contributed by atoms with Crippen molar-refractivity contribution in [2.75, 3.05) is 52.6 Å². The average Bonchev–Trinajstić information content (AvgIpc) is 4.05. The van der Waals surface area contributed by atoms with Crippen molar-refractivity contribution in [3.05, 3.63) is 70.9 Å². The number of amides is 5. The lowest BCUT2D eigenvalue weighted by atomic mass is 9.99. The molecule has 17 nitrogen and oxygen atoms in total. The standard InChI is InChI=1S/C42H53FN10O7/c1-27(2)45-13-15-60-17-16-59-14-10-38(54)46-11-12-47-40(56)29-8-6-28(7-9-29)37-26-52(50-49-37)23-31-5-3-4-30-22-51(25-35(30)31)39(55)19-32-18-36(48-41(32)57)42(58)53-24-33(43)20-34(53)21-44/h3-9,26-27,32-34,36,45H,10-20,22-25H2,1-2H3,(H,46,54)(H,47,56)(H,48,57)/t32-,33-,34-,36-/m0/s1. The Morgan fingerprint density at radius 1 is 0.983 bits per heavy atom. The molecule has 0 saturated carbocycles. The van der Waals surface area contributed by atoms with Gasteiger partial charge in [0.05, 0.1) is 51.8 Å². The second kappa shape index (κ2) is 21.0. The molecule has 6 rings (SSSR count). The summed E-state index contributed by atoms with van der Waals surface area (Å²) in [5, 5.41) is 29.5. The van der Waals surface area contributed by atoms with E-state index in [0.29, 0.717) is 56.8 Å². The van der Waals surface area contributed by atoms with Gasteiger partial charge in [-0.25, -0.2) is 9.07 Å². The quantitative estimate of drug-likeness (QED) is 0.120. The number of nitrogens with one attached hydrogen (secondary N) is 4. The molecule has 320 valence electrons. The Labute approximate surface area is 348 Å². The first-order chi connectivity index (χ1) is 29.0. The monoisotopic (exact) mass is 828 g/mol. The van der Waals surface area contributed by atoms with Crippen LogP contribution in [0, 0.1) is 17.2 Å². The maximum absolute atomic E-state index is 13.9. The summed E-state index contributed by atoms with van der Waals surface area (Å²) in [6.45, 7) is 8.23. The number of fused-ring (bicyclic) bond motifs is 1. The minimum Gasteiger partial charge on any atom is -0.379 e. The van der Waals surface area contributed by atoms with E-state index in [4.69, 9.17) is 9.47 Å². The fourth-order valence-corrected chi connectivity index (χ4v) is 7.54. The summed E-state index contributed by atoms with van der Waals surface area (Å²) >= 11 is 0. The number of carbonyl (C=O) groups is 5. The molecule has 4 heterocycles. The second-order valence-corrected chi connectivity index (χ2v) is 15.5. The molecule has 2 saturated heterocycles. The number of rotatable bonds is 20. The van der Waals surface area contributed by atoms with Crippen molar-refractivity contribution in [1.82, 2.24) is 46.1 Å². The summed E-state index contributed by atoms with van der Waals surface area (Å²) < 4.78 is 26.5. The Bertz CT molecular complexity index is 2040. The molecule has 4 atom stereocenters. The summed E-state index contributed by atoms with van der Waals surface area (Å²) in [4.78, 5) is 67.0. The normalized spacial score (nSPS) is 19.6. The molecule has 3 aliphatic rings. The van der Waals surface area contributed by atoms with Gasteiger partial charge in [0, 0.05) is 75.1 Å². The minimum atomic E-state index is -1.28. The van der Waals surface area contributed by atoms with Gasteiger partial charge in [-0.1, -0.05) is 49.4 Å². The second-order valence-electron chi connectivity index (χ2n) is 15.5. The Morgan fingerprint density at radius 3 is 2.52 bits per heavy atom. The number of nitriles is 1. The highest BCUT2D eigenvalue weighted by Crippen LogP contribution is 2.30. The van der Waals surface area contributed by atoms with Gasteiger partial charge in [-0.15, -0.1) is 5.10 Å². The van der Waals surface area contributed by atoms with Crippen LogP contribution in [0.25, 0.3) is 11.3 Å². The van der Waals surface area contributed by atoms with Crippen LogP contribution in [0.1, 0.15) is 66.6 Å². The number of aromatic nitrogens is 3. The topological polar surface area (TPSA) is 213 Å². The van der Waals surface area contributed by atoms with Gasteiger partial charge in [0.1, 0.15) is 23.9 Å². The van der Waals surface area contributed by atoms with E-state index in [1.165, 1.54) is 4.90 Å². The third-order valence-corrected chi connectivity index (χ3v) is 10.7. The van der Waals surface area contributed by atoms with E-state index < -0.39 is 36.0 Å². The number of nitrogens with zero attached hydrogens (tertiary/aromatic N) is 6. The molecule has 18 heteroatoms. The van der Waals surface area contributed by atoms with Crippen LogP contribution in [0.5, 0.6) is 0 Å². The van der Waals surface area contributed by atoms with E-state index in [9.17, 15) is 33.6 Å². The van der Waals surface area contributed by atoms with Gasteiger partial charge in [0.25, 0.3) is 5.91 Å². The minimum absolute atomic E-state index is 0.0464. The number of alkyl halides is 1. The zero-order valence-corrected chi connectivity index (χ0v) is 34.0. The Balaban J connectivity index is 0.907. The van der Waals surface area contributed by atoms with Crippen molar-refractivity contribution in [2.45, 2.75) is 83.5 Å². The van der Waals surface area contributed by atoms with E-state index in [1.807, 2.05) is 30.5 Å². The van der Waals surface area contributed by atoms with Gasteiger partial charge in [0.15, 0.2) is 0 Å². The number of ether oxygens (including phenoxy) is 2.